The molecule has 0 spiro atoms. The molecule has 0 fully saturated rings. The molecule has 0 aliphatic rings. The summed E-state index contributed by atoms with van der Waals surface area (Å²) in [5.74, 6) is -0.850. The van der Waals surface area contributed by atoms with Crippen molar-refractivity contribution in [1.82, 2.24) is 0 Å². The summed E-state index contributed by atoms with van der Waals surface area (Å²) in [7, 11) is 0. The lowest BCUT2D eigenvalue weighted by molar-refractivity contribution is -0.167. The fourth-order valence-electron chi connectivity index (χ4n) is 9.83. The number of rotatable bonds is 60. The van der Waals surface area contributed by atoms with E-state index >= 15 is 0 Å². The zero-order valence-corrected chi connectivity index (χ0v) is 48.7. The molecular formula is C66H124O6. The van der Waals surface area contributed by atoms with Gasteiger partial charge in [-0.15, -0.1) is 0 Å². The average molecular weight is 1010 g/mol. The van der Waals surface area contributed by atoms with Crippen LogP contribution in [0, 0.1) is 0 Å². The Morgan fingerprint density at radius 2 is 0.500 bits per heavy atom. The van der Waals surface area contributed by atoms with Gasteiger partial charge in [0, 0.05) is 19.3 Å². The first-order valence-corrected chi connectivity index (χ1v) is 32.3. The predicted molar refractivity (Wildman–Crippen MR) is 312 cm³/mol. The van der Waals surface area contributed by atoms with Gasteiger partial charge in [0.25, 0.3) is 0 Å². The zero-order chi connectivity index (χ0) is 52.2. The third-order valence-electron chi connectivity index (χ3n) is 14.7. The lowest BCUT2D eigenvalue weighted by Crippen LogP contribution is -2.30. The van der Waals surface area contributed by atoms with Gasteiger partial charge < -0.3 is 14.2 Å². The number of allylic oxidation sites excluding steroid dienone is 4. The van der Waals surface area contributed by atoms with Gasteiger partial charge in [0.05, 0.1) is 0 Å². The summed E-state index contributed by atoms with van der Waals surface area (Å²) in [6, 6.07) is 0. The van der Waals surface area contributed by atoms with Gasteiger partial charge in [-0.25, -0.2) is 0 Å². The quantitative estimate of drug-likeness (QED) is 0.0261. The fraction of sp³-hybridized carbons (Fsp3) is 0.894. The van der Waals surface area contributed by atoms with Crippen LogP contribution in [0.25, 0.3) is 0 Å². The molecule has 0 aromatic heterocycles. The largest absolute Gasteiger partial charge is 0.462 e. The SMILES string of the molecule is CCCCCC/C=C\C/C=C\CCCCCCCCCC(=O)OC(COC(=O)CCCCCCCCCCCCCC)COC(=O)CCCCCCCCCCCCCCCCCCCCCCCCCC. The number of esters is 3. The maximum absolute atomic E-state index is 12.9. The van der Waals surface area contributed by atoms with Crippen molar-refractivity contribution in [3.05, 3.63) is 24.3 Å². The first kappa shape index (κ1) is 69.9. The third-order valence-corrected chi connectivity index (χ3v) is 14.7. The fourth-order valence-corrected chi connectivity index (χ4v) is 9.83. The molecule has 6 heteroatoms. The van der Waals surface area contributed by atoms with Crippen LogP contribution in [-0.2, 0) is 28.6 Å². The minimum absolute atomic E-state index is 0.0686. The van der Waals surface area contributed by atoms with Crippen LogP contribution in [0.3, 0.4) is 0 Å². The van der Waals surface area contributed by atoms with E-state index in [0.29, 0.717) is 19.3 Å². The van der Waals surface area contributed by atoms with Crippen molar-refractivity contribution in [2.45, 2.75) is 367 Å². The minimum atomic E-state index is -0.771. The highest BCUT2D eigenvalue weighted by molar-refractivity contribution is 5.71. The van der Waals surface area contributed by atoms with Crippen LogP contribution in [0.1, 0.15) is 361 Å². The van der Waals surface area contributed by atoms with E-state index < -0.39 is 6.10 Å². The monoisotopic (exact) mass is 1010 g/mol. The van der Waals surface area contributed by atoms with Gasteiger partial charge in [-0.2, -0.15) is 0 Å². The molecule has 0 heterocycles. The second-order valence-corrected chi connectivity index (χ2v) is 22.0. The Morgan fingerprint density at radius 3 is 0.778 bits per heavy atom. The predicted octanol–water partition coefficient (Wildman–Crippen LogP) is 21.8. The Bertz CT molecular complexity index is 1160. The van der Waals surface area contributed by atoms with Crippen LogP contribution < -0.4 is 0 Å². The van der Waals surface area contributed by atoms with Crippen molar-refractivity contribution in [1.29, 1.82) is 0 Å². The molecule has 0 aliphatic heterocycles. The van der Waals surface area contributed by atoms with Gasteiger partial charge in [0.2, 0.25) is 0 Å². The number of ether oxygens (including phenoxy) is 3. The molecule has 0 aromatic carbocycles. The summed E-state index contributed by atoms with van der Waals surface area (Å²) < 4.78 is 16.9. The summed E-state index contributed by atoms with van der Waals surface area (Å²) in [5, 5.41) is 0. The van der Waals surface area contributed by atoms with Gasteiger partial charge in [0.15, 0.2) is 6.10 Å². The minimum Gasteiger partial charge on any atom is -0.462 e. The maximum Gasteiger partial charge on any atom is 0.306 e. The van der Waals surface area contributed by atoms with Crippen molar-refractivity contribution >= 4 is 17.9 Å². The molecule has 424 valence electrons. The van der Waals surface area contributed by atoms with E-state index in [-0.39, 0.29) is 31.1 Å². The van der Waals surface area contributed by atoms with Gasteiger partial charge in [-0.3, -0.25) is 14.4 Å². The van der Waals surface area contributed by atoms with Crippen LogP contribution >= 0.6 is 0 Å². The summed E-state index contributed by atoms with van der Waals surface area (Å²) in [6.07, 6.45) is 73.3. The molecule has 0 amide bonds. The number of hydrogen-bond donors (Lipinski definition) is 0. The summed E-state index contributed by atoms with van der Waals surface area (Å²) in [5.41, 5.74) is 0. The lowest BCUT2D eigenvalue weighted by atomic mass is 10.0. The maximum atomic E-state index is 12.9. The average Bonchev–Trinajstić information content (AvgIpc) is 3.38. The standard InChI is InChI=1S/C66H124O6/c1-4-7-10-13-16-19-22-25-27-29-31-32-33-34-35-36-38-39-41-44-47-50-53-56-59-65(68)71-62-63(61-70-64(67)58-55-52-49-46-43-24-21-18-15-12-9-6-3)72-66(69)60-57-54-51-48-45-42-40-37-30-28-26-23-20-17-14-11-8-5-2/h20,23,28,30,63H,4-19,21-22,24-27,29,31-62H2,1-3H3/b23-20-,30-28-. The summed E-state index contributed by atoms with van der Waals surface area (Å²) in [6.45, 7) is 6.68. The second-order valence-electron chi connectivity index (χ2n) is 22.0. The third kappa shape index (κ3) is 58.8. The van der Waals surface area contributed by atoms with E-state index in [1.54, 1.807) is 0 Å². The molecular weight excluding hydrogens is 889 g/mol. The van der Waals surface area contributed by atoms with Crippen molar-refractivity contribution in [2.75, 3.05) is 13.2 Å². The molecule has 0 saturated carbocycles. The molecule has 0 radical (unpaired) electrons. The van der Waals surface area contributed by atoms with Crippen LogP contribution in [0.4, 0.5) is 0 Å². The zero-order valence-electron chi connectivity index (χ0n) is 48.7. The van der Waals surface area contributed by atoms with Crippen LogP contribution in [0.5, 0.6) is 0 Å². The van der Waals surface area contributed by atoms with Crippen molar-refractivity contribution in [2.24, 2.45) is 0 Å². The van der Waals surface area contributed by atoms with Crippen molar-refractivity contribution in [3.63, 3.8) is 0 Å². The number of unbranched alkanes of at least 4 members (excludes halogenated alkanes) is 45. The molecule has 0 saturated heterocycles. The van der Waals surface area contributed by atoms with Crippen LogP contribution in [-0.4, -0.2) is 37.2 Å². The van der Waals surface area contributed by atoms with Gasteiger partial charge in [-0.1, -0.05) is 315 Å². The first-order chi connectivity index (χ1) is 35.5. The smallest absolute Gasteiger partial charge is 0.306 e. The van der Waals surface area contributed by atoms with Crippen LogP contribution in [0.15, 0.2) is 24.3 Å². The molecule has 0 bridgehead atoms. The Morgan fingerprint density at radius 1 is 0.278 bits per heavy atom. The number of carbonyl (C=O) groups is 3. The first-order valence-electron chi connectivity index (χ1n) is 32.3. The summed E-state index contributed by atoms with van der Waals surface area (Å²) in [4.78, 5) is 38.3. The van der Waals surface area contributed by atoms with Gasteiger partial charge >= 0.3 is 17.9 Å². The molecule has 72 heavy (non-hydrogen) atoms. The van der Waals surface area contributed by atoms with Crippen LogP contribution in [0.2, 0.25) is 0 Å². The number of carbonyl (C=O) groups excluding carboxylic acids is 3. The van der Waals surface area contributed by atoms with Crippen molar-refractivity contribution < 1.29 is 28.6 Å². The van der Waals surface area contributed by atoms with Crippen molar-refractivity contribution in [3.8, 4) is 0 Å². The normalized spacial score (nSPS) is 12.1. The molecule has 0 N–H and O–H groups in total. The Hall–Kier alpha value is -2.11. The summed E-state index contributed by atoms with van der Waals surface area (Å²) >= 11 is 0. The van der Waals surface area contributed by atoms with Gasteiger partial charge in [0.1, 0.15) is 13.2 Å². The van der Waals surface area contributed by atoms with E-state index in [1.807, 2.05) is 0 Å². The van der Waals surface area contributed by atoms with E-state index in [4.69, 9.17) is 14.2 Å². The Labute approximate surface area is 449 Å². The highest BCUT2D eigenvalue weighted by Crippen LogP contribution is 2.18. The Kier molecular flexibility index (Phi) is 59.6. The Balaban J connectivity index is 4.23. The number of hydrogen-bond acceptors (Lipinski definition) is 6. The van der Waals surface area contributed by atoms with E-state index in [2.05, 4.69) is 45.1 Å². The van der Waals surface area contributed by atoms with E-state index in [1.165, 1.54) is 250 Å². The topological polar surface area (TPSA) is 78.9 Å². The van der Waals surface area contributed by atoms with E-state index in [0.717, 1.165) is 70.6 Å². The molecule has 6 nitrogen and oxygen atoms in total. The lowest BCUT2D eigenvalue weighted by Gasteiger charge is -2.18. The molecule has 0 aliphatic carbocycles. The molecule has 0 aromatic rings. The van der Waals surface area contributed by atoms with E-state index in [9.17, 15) is 14.4 Å². The highest BCUT2D eigenvalue weighted by atomic mass is 16.6. The van der Waals surface area contributed by atoms with Gasteiger partial charge in [-0.05, 0) is 51.4 Å². The molecule has 0 rings (SSSR count). The molecule has 1 unspecified atom stereocenters. The second kappa shape index (κ2) is 61.4. The highest BCUT2D eigenvalue weighted by Gasteiger charge is 2.19. The molecule has 1 atom stereocenters.